The molecule has 33 heavy (non-hydrogen) atoms. The quantitative estimate of drug-likeness (QED) is 0.455. The lowest BCUT2D eigenvalue weighted by atomic mass is 10.1. The Balaban J connectivity index is 1.59. The minimum Gasteiger partial charge on any atom is -0.329 e. The van der Waals surface area contributed by atoms with E-state index in [0.717, 1.165) is 22.6 Å². The lowest BCUT2D eigenvalue weighted by molar-refractivity contribution is -0.128. The summed E-state index contributed by atoms with van der Waals surface area (Å²) in [6.45, 7) is 8.01. The number of hydrogen-bond donors (Lipinski definition) is 1. The number of para-hydroxylation sites is 2. The zero-order chi connectivity index (χ0) is 23.5. The van der Waals surface area contributed by atoms with Gasteiger partial charge < -0.3 is 9.88 Å². The number of carbonyl (C=O) groups excluding carboxylic acids is 1. The summed E-state index contributed by atoms with van der Waals surface area (Å²) < 4.78 is 1.88. The summed E-state index contributed by atoms with van der Waals surface area (Å²) in [5, 5.41) is 5.17. The zero-order valence-electron chi connectivity index (χ0n) is 19.2. The van der Waals surface area contributed by atoms with Crippen LogP contribution in [0.5, 0.6) is 0 Å². The van der Waals surface area contributed by atoms with Gasteiger partial charge in [-0.3, -0.25) is 9.59 Å². The van der Waals surface area contributed by atoms with Crippen molar-refractivity contribution >= 4 is 22.9 Å². The first kappa shape index (κ1) is 22.2. The number of rotatable bonds is 6. The SMILES string of the molecule is Cc1nn(-c2ccccc2)c(C)c1C=CC(=O)N(Cc1nc2ccccc2c(=O)[nH]1)C(C)C. The van der Waals surface area contributed by atoms with Gasteiger partial charge in [-0.15, -0.1) is 0 Å². The van der Waals surface area contributed by atoms with Gasteiger partial charge in [0.15, 0.2) is 0 Å². The molecule has 4 rings (SSSR count). The Morgan fingerprint density at radius 2 is 1.79 bits per heavy atom. The van der Waals surface area contributed by atoms with Crippen LogP contribution in [0.3, 0.4) is 0 Å². The van der Waals surface area contributed by atoms with Gasteiger partial charge in [-0.2, -0.15) is 5.10 Å². The van der Waals surface area contributed by atoms with E-state index in [9.17, 15) is 9.59 Å². The number of nitrogens with one attached hydrogen (secondary N) is 1. The van der Waals surface area contributed by atoms with Gasteiger partial charge in [-0.25, -0.2) is 9.67 Å². The fourth-order valence-corrected chi connectivity index (χ4v) is 3.85. The standard InChI is InChI=1S/C26H27N5O2/c1-17(2)30(16-24-27-23-13-9-8-12-22(23)26(33)28-24)25(32)15-14-21-18(3)29-31(19(21)4)20-10-6-5-7-11-20/h5-15,17H,16H2,1-4H3,(H,27,28,33). The molecule has 7 nitrogen and oxygen atoms in total. The van der Waals surface area contributed by atoms with Gasteiger partial charge in [0.25, 0.3) is 5.56 Å². The molecule has 0 fully saturated rings. The number of hydrogen-bond acceptors (Lipinski definition) is 4. The van der Waals surface area contributed by atoms with Crippen LogP contribution >= 0.6 is 0 Å². The molecule has 0 aliphatic carbocycles. The second-order valence-electron chi connectivity index (χ2n) is 8.25. The van der Waals surface area contributed by atoms with Gasteiger partial charge in [0.1, 0.15) is 5.82 Å². The van der Waals surface area contributed by atoms with E-state index in [4.69, 9.17) is 0 Å². The smallest absolute Gasteiger partial charge is 0.258 e. The van der Waals surface area contributed by atoms with E-state index >= 15 is 0 Å². The molecule has 1 N–H and O–H groups in total. The van der Waals surface area contributed by atoms with Gasteiger partial charge in [-0.05, 0) is 58.0 Å². The van der Waals surface area contributed by atoms with Crippen LogP contribution in [-0.2, 0) is 11.3 Å². The molecule has 0 saturated carbocycles. The molecular weight excluding hydrogens is 414 g/mol. The van der Waals surface area contributed by atoms with Crippen LogP contribution in [0.15, 0.2) is 65.5 Å². The predicted octanol–water partition coefficient (Wildman–Crippen LogP) is 4.18. The minimum absolute atomic E-state index is 0.0758. The zero-order valence-corrected chi connectivity index (χ0v) is 19.2. The van der Waals surface area contributed by atoms with Gasteiger partial charge in [0.2, 0.25) is 5.91 Å². The normalized spacial score (nSPS) is 11.5. The third-order valence-corrected chi connectivity index (χ3v) is 5.63. The molecule has 2 aromatic heterocycles. The highest BCUT2D eigenvalue weighted by Gasteiger charge is 2.18. The first-order chi connectivity index (χ1) is 15.8. The Bertz CT molecular complexity index is 1380. The number of H-pyrrole nitrogens is 1. The molecule has 0 unspecified atom stereocenters. The van der Waals surface area contributed by atoms with Gasteiger partial charge in [0, 0.05) is 23.4 Å². The lowest BCUT2D eigenvalue weighted by Gasteiger charge is -2.25. The average molecular weight is 442 g/mol. The molecule has 1 amide bonds. The molecule has 4 aromatic rings. The topological polar surface area (TPSA) is 83.9 Å². The maximum atomic E-state index is 13.1. The number of aromatic amines is 1. The van der Waals surface area contributed by atoms with Gasteiger partial charge in [0.05, 0.1) is 28.8 Å². The predicted molar refractivity (Wildman–Crippen MR) is 130 cm³/mol. The number of amides is 1. The molecule has 0 spiro atoms. The first-order valence-electron chi connectivity index (χ1n) is 10.9. The molecule has 0 saturated heterocycles. The summed E-state index contributed by atoms with van der Waals surface area (Å²) in [6.07, 6.45) is 3.37. The molecule has 7 heteroatoms. The summed E-state index contributed by atoms with van der Waals surface area (Å²) in [5.74, 6) is 0.297. The number of nitrogens with zero attached hydrogens (tertiary/aromatic N) is 4. The van der Waals surface area contributed by atoms with Crippen molar-refractivity contribution in [2.45, 2.75) is 40.3 Å². The molecule has 0 aliphatic heterocycles. The first-order valence-corrected chi connectivity index (χ1v) is 10.9. The Morgan fingerprint density at radius 1 is 1.09 bits per heavy atom. The fraction of sp³-hybridized carbons (Fsp3) is 0.231. The van der Waals surface area contributed by atoms with Crippen LogP contribution < -0.4 is 5.56 Å². The Kier molecular flexibility index (Phi) is 6.22. The molecule has 2 heterocycles. The third kappa shape index (κ3) is 4.62. The number of carbonyl (C=O) groups is 1. The van der Waals surface area contributed by atoms with Crippen molar-refractivity contribution < 1.29 is 4.79 Å². The number of aryl methyl sites for hydroxylation is 1. The van der Waals surface area contributed by atoms with Crippen molar-refractivity contribution in [3.05, 3.63) is 93.8 Å². The Labute approximate surface area is 192 Å². The van der Waals surface area contributed by atoms with Crippen molar-refractivity contribution in [1.82, 2.24) is 24.6 Å². The molecule has 0 bridgehead atoms. The summed E-state index contributed by atoms with van der Waals surface area (Å²) in [4.78, 5) is 34.5. The van der Waals surface area contributed by atoms with Crippen molar-refractivity contribution in [1.29, 1.82) is 0 Å². The van der Waals surface area contributed by atoms with E-state index in [-0.39, 0.29) is 24.1 Å². The van der Waals surface area contributed by atoms with Crippen molar-refractivity contribution in [3.8, 4) is 5.69 Å². The molecule has 0 radical (unpaired) electrons. The maximum absolute atomic E-state index is 13.1. The Hall–Kier alpha value is -4.00. The van der Waals surface area contributed by atoms with E-state index in [0.29, 0.717) is 16.7 Å². The van der Waals surface area contributed by atoms with E-state index in [1.807, 2.05) is 74.9 Å². The van der Waals surface area contributed by atoms with E-state index in [2.05, 4.69) is 15.1 Å². The summed E-state index contributed by atoms with van der Waals surface area (Å²) in [6, 6.07) is 17.0. The minimum atomic E-state index is -0.207. The second-order valence-corrected chi connectivity index (χ2v) is 8.25. The highest BCUT2D eigenvalue weighted by atomic mass is 16.2. The lowest BCUT2D eigenvalue weighted by Crippen LogP contribution is -2.36. The number of aromatic nitrogens is 4. The molecule has 0 aliphatic rings. The molecule has 168 valence electrons. The number of benzene rings is 2. The van der Waals surface area contributed by atoms with Crippen LogP contribution in [0.1, 0.15) is 36.6 Å². The maximum Gasteiger partial charge on any atom is 0.258 e. The summed E-state index contributed by atoms with van der Waals surface area (Å²) in [5.41, 5.74) is 4.09. The van der Waals surface area contributed by atoms with Crippen LogP contribution in [0.4, 0.5) is 0 Å². The van der Waals surface area contributed by atoms with Crippen molar-refractivity contribution in [2.24, 2.45) is 0 Å². The van der Waals surface area contributed by atoms with Crippen molar-refractivity contribution in [2.75, 3.05) is 0 Å². The van der Waals surface area contributed by atoms with Crippen LogP contribution in [0.25, 0.3) is 22.7 Å². The fourth-order valence-electron chi connectivity index (χ4n) is 3.85. The van der Waals surface area contributed by atoms with Crippen LogP contribution in [0.2, 0.25) is 0 Å². The summed E-state index contributed by atoms with van der Waals surface area (Å²) in [7, 11) is 0. The second kappa shape index (κ2) is 9.24. The number of fused-ring (bicyclic) bond motifs is 1. The largest absolute Gasteiger partial charge is 0.329 e. The molecule has 2 aromatic carbocycles. The molecule has 0 atom stereocenters. The van der Waals surface area contributed by atoms with Crippen molar-refractivity contribution in [3.63, 3.8) is 0 Å². The van der Waals surface area contributed by atoms with Gasteiger partial charge in [-0.1, -0.05) is 30.3 Å². The van der Waals surface area contributed by atoms with Crippen LogP contribution in [0, 0.1) is 13.8 Å². The van der Waals surface area contributed by atoms with E-state index in [1.54, 1.807) is 29.2 Å². The van der Waals surface area contributed by atoms with Crippen LogP contribution in [-0.4, -0.2) is 36.6 Å². The van der Waals surface area contributed by atoms with Gasteiger partial charge >= 0.3 is 0 Å². The van der Waals surface area contributed by atoms with E-state index < -0.39 is 0 Å². The average Bonchev–Trinajstić information content (AvgIpc) is 3.09. The molecular formula is C26H27N5O2. The highest BCUT2D eigenvalue weighted by molar-refractivity contribution is 5.92. The third-order valence-electron chi connectivity index (χ3n) is 5.63. The van der Waals surface area contributed by atoms with E-state index in [1.165, 1.54) is 0 Å². The monoisotopic (exact) mass is 441 g/mol. The highest BCUT2D eigenvalue weighted by Crippen LogP contribution is 2.19. The Morgan fingerprint density at radius 3 is 2.52 bits per heavy atom. The summed E-state index contributed by atoms with van der Waals surface area (Å²) >= 11 is 0.